The lowest BCUT2D eigenvalue weighted by Gasteiger charge is -2.22. The molecule has 0 saturated carbocycles. The number of fused-ring (bicyclic) bond motifs is 1. The second-order valence-electron chi connectivity index (χ2n) is 7.36. The minimum Gasteiger partial charge on any atom is -0.508 e. The number of benzene rings is 2. The van der Waals surface area contributed by atoms with Crippen LogP contribution in [0.1, 0.15) is 27.3 Å². The molecule has 7 heteroatoms. The maximum absolute atomic E-state index is 11.9. The predicted octanol–water partition coefficient (Wildman–Crippen LogP) is 3.92. The summed E-state index contributed by atoms with van der Waals surface area (Å²) in [6.07, 6.45) is 0. The summed E-state index contributed by atoms with van der Waals surface area (Å²) in [7, 11) is 1.90. The lowest BCUT2D eigenvalue weighted by Crippen LogP contribution is -2.16. The Labute approximate surface area is 174 Å². The fourth-order valence-corrected chi connectivity index (χ4v) is 3.69. The largest absolute Gasteiger partial charge is 0.508 e. The van der Waals surface area contributed by atoms with E-state index in [4.69, 9.17) is 15.7 Å². The van der Waals surface area contributed by atoms with E-state index in [2.05, 4.69) is 0 Å². The maximum atomic E-state index is 11.9. The maximum Gasteiger partial charge on any atom is 0.249 e. The van der Waals surface area contributed by atoms with Crippen LogP contribution in [0.5, 0.6) is 5.75 Å². The summed E-state index contributed by atoms with van der Waals surface area (Å²) in [5.41, 5.74) is 10.3. The van der Waals surface area contributed by atoms with Crippen LogP contribution in [-0.2, 0) is 0 Å². The molecule has 0 aliphatic carbocycles. The number of phenols is 1. The molecule has 152 valence electrons. The van der Waals surface area contributed by atoms with E-state index >= 15 is 0 Å². The number of hydrogen-bond acceptors (Lipinski definition) is 5. The average molecular weight is 401 g/mol. The molecule has 30 heavy (non-hydrogen) atoms. The Bertz CT molecular complexity index is 1290. The van der Waals surface area contributed by atoms with Gasteiger partial charge in [-0.3, -0.25) is 9.36 Å². The molecule has 4 rings (SSSR count). The van der Waals surface area contributed by atoms with Crippen LogP contribution < -0.4 is 10.6 Å². The van der Waals surface area contributed by atoms with E-state index in [1.165, 1.54) is 0 Å². The van der Waals surface area contributed by atoms with E-state index in [1.54, 1.807) is 30.3 Å². The first kappa shape index (κ1) is 19.4. The summed E-state index contributed by atoms with van der Waals surface area (Å²) >= 11 is 0. The number of amides is 1. The first-order valence-electron chi connectivity index (χ1n) is 9.57. The van der Waals surface area contributed by atoms with Gasteiger partial charge < -0.3 is 15.7 Å². The third-order valence-electron chi connectivity index (χ3n) is 5.38. The Balaban J connectivity index is 1.93. The Morgan fingerprint density at radius 3 is 2.50 bits per heavy atom. The van der Waals surface area contributed by atoms with Crippen molar-refractivity contribution in [1.82, 2.24) is 14.5 Å². The molecule has 0 fully saturated rings. The highest BCUT2D eigenvalue weighted by Crippen LogP contribution is 2.31. The van der Waals surface area contributed by atoms with Crippen LogP contribution in [0.3, 0.4) is 0 Å². The van der Waals surface area contributed by atoms with Gasteiger partial charge in [-0.15, -0.1) is 0 Å². The molecule has 2 aromatic carbocycles. The normalized spacial score (nSPS) is 11.1. The van der Waals surface area contributed by atoms with Crippen LogP contribution in [0.4, 0.5) is 11.5 Å². The number of rotatable bonds is 4. The molecule has 0 aliphatic rings. The Hall–Kier alpha value is -3.87. The Kier molecular flexibility index (Phi) is 4.66. The summed E-state index contributed by atoms with van der Waals surface area (Å²) in [6, 6.07) is 14.4. The first-order chi connectivity index (χ1) is 14.3. The molecule has 4 aromatic rings. The second kappa shape index (κ2) is 7.18. The van der Waals surface area contributed by atoms with Crippen LogP contribution in [-0.4, -0.2) is 32.6 Å². The van der Waals surface area contributed by atoms with Gasteiger partial charge in [-0.2, -0.15) is 4.98 Å². The van der Waals surface area contributed by atoms with E-state index in [0.717, 1.165) is 39.4 Å². The van der Waals surface area contributed by atoms with Gasteiger partial charge in [0.2, 0.25) is 11.9 Å². The third kappa shape index (κ3) is 3.14. The zero-order valence-corrected chi connectivity index (χ0v) is 17.3. The lowest BCUT2D eigenvalue weighted by molar-refractivity contribution is 0.100. The van der Waals surface area contributed by atoms with E-state index in [0.29, 0.717) is 11.5 Å². The summed E-state index contributed by atoms with van der Waals surface area (Å²) < 4.78 is 1.92. The zero-order valence-electron chi connectivity index (χ0n) is 17.3. The number of hydrogen-bond donors (Lipinski definition) is 2. The smallest absolute Gasteiger partial charge is 0.249 e. The van der Waals surface area contributed by atoms with E-state index in [9.17, 15) is 9.90 Å². The van der Waals surface area contributed by atoms with Crippen molar-refractivity contribution in [2.45, 2.75) is 20.8 Å². The van der Waals surface area contributed by atoms with Crippen LogP contribution in [0.2, 0.25) is 0 Å². The first-order valence-corrected chi connectivity index (χ1v) is 9.57. The number of aromatic hydroxyl groups is 1. The molecule has 2 heterocycles. The van der Waals surface area contributed by atoms with Crippen LogP contribution >= 0.6 is 0 Å². The van der Waals surface area contributed by atoms with Crippen LogP contribution in [0.25, 0.3) is 16.9 Å². The molecule has 0 aliphatic heterocycles. The Morgan fingerprint density at radius 2 is 1.80 bits per heavy atom. The van der Waals surface area contributed by atoms with Gasteiger partial charge in [0, 0.05) is 46.7 Å². The third-order valence-corrected chi connectivity index (χ3v) is 5.38. The van der Waals surface area contributed by atoms with Gasteiger partial charge in [0.05, 0.1) is 5.52 Å². The number of carbonyl (C=O) groups is 1. The number of carbonyl (C=O) groups excluding carboxylic acids is 1. The lowest BCUT2D eigenvalue weighted by atomic mass is 10.1. The van der Waals surface area contributed by atoms with Crippen molar-refractivity contribution in [2.24, 2.45) is 5.73 Å². The summed E-state index contributed by atoms with van der Waals surface area (Å²) in [5.74, 6) is 0.960. The van der Waals surface area contributed by atoms with Gasteiger partial charge in [0.1, 0.15) is 11.6 Å². The van der Waals surface area contributed by atoms with E-state index in [-0.39, 0.29) is 5.75 Å². The number of nitrogens with two attached hydrogens (primary N) is 1. The van der Waals surface area contributed by atoms with Crippen molar-refractivity contribution in [3.8, 4) is 11.7 Å². The van der Waals surface area contributed by atoms with Gasteiger partial charge >= 0.3 is 0 Å². The predicted molar refractivity (Wildman–Crippen MR) is 118 cm³/mol. The molecule has 0 atom stereocenters. The standard InChI is InChI=1S/C23H23N5O2/c1-13-11-19-18(21(24)30)9-6-10-20(19)28(13)23-25-15(3)14(2)22(26-23)27(4)16-7-5-8-17(29)12-16/h5-12,29H,1-4H3,(H2,24,30). The topological polar surface area (TPSA) is 97.3 Å². The number of anilines is 2. The minimum atomic E-state index is -0.469. The van der Waals surface area contributed by atoms with E-state index in [1.807, 2.05) is 55.5 Å². The van der Waals surface area contributed by atoms with Gasteiger partial charge in [-0.05, 0) is 51.1 Å². The molecule has 3 N–H and O–H groups in total. The molecule has 1 amide bonds. The average Bonchev–Trinajstić information content (AvgIpc) is 3.05. The highest BCUT2D eigenvalue weighted by Gasteiger charge is 2.19. The van der Waals surface area contributed by atoms with Crippen molar-refractivity contribution in [3.05, 3.63) is 71.0 Å². The summed E-state index contributed by atoms with van der Waals surface area (Å²) in [4.78, 5) is 23.3. The highest BCUT2D eigenvalue weighted by molar-refractivity contribution is 6.06. The quantitative estimate of drug-likeness (QED) is 0.540. The zero-order chi connectivity index (χ0) is 21.6. The van der Waals surface area contributed by atoms with Gasteiger partial charge in [0.15, 0.2) is 0 Å². The molecule has 0 bridgehead atoms. The number of aromatic nitrogens is 3. The summed E-state index contributed by atoms with van der Waals surface area (Å²) in [5, 5.41) is 10.6. The van der Waals surface area contributed by atoms with Crippen molar-refractivity contribution in [3.63, 3.8) is 0 Å². The molecular formula is C23H23N5O2. The highest BCUT2D eigenvalue weighted by atomic mass is 16.3. The number of primary amides is 1. The fraction of sp³-hybridized carbons (Fsp3) is 0.174. The molecular weight excluding hydrogens is 378 g/mol. The molecule has 0 radical (unpaired) electrons. The SMILES string of the molecule is Cc1nc(-n2c(C)cc3c(C(N)=O)cccc32)nc(N(C)c2cccc(O)c2)c1C. The number of nitrogens with zero attached hydrogens (tertiary/aromatic N) is 4. The molecule has 0 saturated heterocycles. The fourth-order valence-electron chi connectivity index (χ4n) is 3.69. The molecule has 2 aromatic heterocycles. The van der Waals surface area contributed by atoms with Crippen LogP contribution in [0.15, 0.2) is 48.5 Å². The van der Waals surface area contributed by atoms with E-state index < -0.39 is 5.91 Å². The molecule has 7 nitrogen and oxygen atoms in total. The minimum absolute atomic E-state index is 0.189. The Morgan fingerprint density at radius 1 is 1.07 bits per heavy atom. The number of phenolic OH excluding ortho intramolecular Hbond substituents is 1. The van der Waals surface area contributed by atoms with Gasteiger partial charge in [-0.25, -0.2) is 4.98 Å². The monoisotopic (exact) mass is 401 g/mol. The molecule has 0 spiro atoms. The van der Waals surface area contributed by atoms with Crippen molar-refractivity contribution < 1.29 is 9.90 Å². The van der Waals surface area contributed by atoms with Crippen molar-refractivity contribution in [1.29, 1.82) is 0 Å². The van der Waals surface area contributed by atoms with Gasteiger partial charge in [-0.1, -0.05) is 12.1 Å². The van der Waals surface area contributed by atoms with Gasteiger partial charge in [0.25, 0.3) is 0 Å². The second-order valence-corrected chi connectivity index (χ2v) is 7.36. The van der Waals surface area contributed by atoms with Crippen LogP contribution in [0, 0.1) is 20.8 Å². The number of aryl methyl sites for hydroxylation is 2. The van der Waals surface area contributed by atoms with Crippen molar-refractivity contribution in [2.75, 3.05) is 11.9 Å². The summed E-state index contributed by atoms with van der Waals surface area (Å²) in [6.45, 7) is 5.86. The molecule has 0 unspecified atom stereocenters. The van der Waals surface area contributed by atoms with Crippen molar-refractivity contribution >= 4 is 28.3 Å².